The van der Waals surface area contributed by atoms with Gasteiger partial charge < -0.3 is 19.5 Å². The van der Waals surface area contributed by atoms with Crippen molar-refractivity contribution in [3.63, 3.8) is 0 Å². The van der Waals surface area contributed by atoms with Gasteiger partial charge in [0.05, 0.1) is 13.2 Å². The Kier molecular flexibility index (Phi) is 7.33. The van der Waals surface area contributed by atoms with Gasteiger partial charge in [-0.1, -0.05) is 24.6 Å². The van der Waals surface area contributed by atoms with Gasteiger partial charge >= 0.3 is 0 Å². The molecule has 5 heteroatoms. The number of hydrogen-bond acceptors (Lipinski definition) is 4. The summed E-state index contributed by atoms with van der Waals surface area (Å²) in [5, 5.41) is 2.94. The topological polar surface area (TPSA) is 56.8 Å². The molecule has 0 radical (unpaired) electrons. The van der Waals surface area contributed by atoms with Crippen molar-refractivity contribution in [1.82, 2.24) is 5.32 Å². The number of amides is 1. The van der Waals surface area contributed by atoms with Crippen LogP contribution in [-0.4, -0.2) is 31.8 Å². The second kappa shape index (κ2) is 9.70. The van der Waals surface area contributed by atoms with Crippen molar-refractivity contribution in [1.29, 1.82) is 0 Å². The minimum absolute atomic E-state index is 0.139. The van der Waals surface area contributed by atoms with E-state index < -0.39 is 6.10 Å². The summed E-state index contributed by atoms with van der Waals surface area (Å²) >= 11 is 0. The van der Waals surface area contributed by atoms with Crippen molar-refractivity contribution in [2.75, 3.05) is 13.7 Å². The third-order valence-corrected chi connectivity index (χ3v) is 3.91. The van der Waals surface area contributed by atoms with Crippen LogP contribution in [0.15, 0.2) is 48.5 Å². The molecule has 2 aromatic rings. The monoisotopic (exact) mass is 357 g/mol. The Bertz CT molecular complexity index is 682. The first kappa shape index (κ1) is 19.6. The number of ether oxygens (including phenoxy) is 3. The van der Waals surface area contributed by atoms with E-state index in [1.54, 1.807) is 7.11 Å². The Balaban J connectivity index is 1.82. The van der Waals surface area contributed by atoms with E-state index in [1.165, 1.54) is 0 Å². The van der Waals surface area contributed by atoms with E-state index in [1.807, 2.05) is 69.3 Å². The molecule has 0 saturated heterocycles. The molecule has 0 bridgehead atoms. The zero-order valence-corrected chi connectivity index (χ0v) is 15.8. The number of rotatable bonds is 9. The summed E-state index contributed by atoms with van der Waals surface area (Å²) in [6.45, 7) is 6.22. The zero-order chi connectivity index (χ0) is 18.9. The van der Waals surface area contributed by atoms with Crippen LogP contribution in [-0.2, 0) is 4.79 Å². The van der Waals surface area contributed by atoms with Crippen LogP contribution in [0.1, 0.15) is 25.8 Å². The van der Waals surface area contributed by atoms with Gasteiger partial charge in [0.25, 0.3) is 5.91 Å². The van der Waals surface area contributed by atoms with Gasteiger partial charge in [-0.25, -0.2) is 0 Å². The first-order chi connectivity index (χ1) is 12.5. The molecule has 0 aliphatic rings. The number of nitrogens with one attached hydrogen (secondary N) is 1. The lowest BCUT2D eigenvalue weighted by Crippen LogP contribution is -2.44. The molecule has 0 aliphatic carbocycles. The summed E-state index contributed by atoms with van der Waals surface area (Å²) in [6, 6.07) is 14.9. The van der Waals surface area contributed by atoms with Crippen LogP contribution in [0, 0.1) is 6.92 Å². The summed E-state index contributed by atoms with van der Waals surface area (Å²) in [5.74, 6) is 2.06. The largest absolute Gasteiger partial charge is 0.497 e. The van der Waals surface area contributed by atoms with E-state index >= 15 is 0 Å². The molecule has 0 unspecified atom stereocenters. The van der Waals surface area contributed by atoms with Gasteiger partial charge in [0.2, 0.25) is 0 Å². The number of benzene rings is 2. The summed E-state index contributed by atoms with van der Waals surface area (Å²) < 4.78 is 16.6. The zero-order valence-electron chi connectivity index (χ0n) is 15.8. The molecule has 2 atom stereocenters. The predicted octanol–water partition coefficient (Wildman–Crippen LogP) is 3.74. The second-order valence-electron chi connectivity index (χ2n) is 6.22. The maximum absolute atomic E-state index is 12.4. The Labute approximate surface area is 155 Å². The highest BCUT2D eigenvalue weighted by atomic mass is 16.5. The van der Waals surface area contributed by atoms with Crippen molar-refractivity contribution in [3.8, 4) is 17.2 Å². The molecule has 26 heavy (non-hydrogen) atoms. The molecule has 1 amide bonds. The molecule has 0 saturated carbocycles. The minimum Gasteiger partial charge on any atom is -0.497 e. The highest BCUT2D eigenvalue weighted by Crippen LogP contribution is 2.17. The highest BCUT2D eigenvalue weighted by molar-refractivity contribution is 5.81. The average Bonchev–Trinajstić information content (AvgIpc) is 2.66. The highest BCUT2D eigenvalue weighted by Gasteiger charge is 2.20. The fourth-order valence-electron chi connectivity index (χ4n) is 2.37. The number of hydrogen-bond donors (Lipinski definition) is 1. The van der Waals surface area contributed by atoms with Gasteiger partial charge in [-0.15, -0.1) is 0 Å². The maximum Gasteiger partial charge on any atom is 0.261 e. The van der Waals surface area contributed by atoms with E-state index in [9.17, 15) is 4.79 Å². The lowest BCUT2D eigenvalue weighted by atomic mass is 10.2. The summed E-state index contributed by atoms with van der Waals surface area (Å²) in [7, 11) is 1.62. The Morgan fingerprint density at radius 3 is 2.15 bits per heavy atom. The molecular formula is C21H27NO4. The Morgan fingerprint density at radius 2 is 1.58 bits per heavy atom. The number of carbonyl (C=O) groups excluding carboxylic acids is 1. The molecule has 1 N–H and O–H groups in total. The van der Waals surface area contributed by atoms with Crippen LogP contribution in [0.4, 0.5) is 0 Å². The first-order valence-corrected chi connectivity index (χ1v) is 8.82. The van der Waals surface area contributed by atoms with Crippen molar-refractivity contribution in [3.05, 3.63) is 54.1 Å². The number of carbonyl (C=O) groups is 1. The molecule has 0 aliphatic heterocycles. The van der Waals surface area contributed by atoms with Gasteiger partial charge in [0, 0.05) is 0 Å². The SMILES string of the molecule is CC[C@H](Oc1ccc(C)cc1)C(=O)N[C@@H](C)COc1ccc(OC)cc1. The average molecular weight is 357 g/mol. The van der Waals surface area contributed by atoms with Crippen LogP contribution in [0.3, 0.4) is 0 Å². The summed E-state index contributed by atoms with van der Waals surface area (Å²) in [4.78, 5) is 12.4. The second-order valence-corrected chi connectivity index (χ2v) is 6.22. The smallest absolute Gasteiger partial charge is 0.261 e. The van der Waals surface area contributed by atoms with Crippen molar-refractivity contribution in [2.45, 2.75) is 39.3 Å². The summed E-state index contributed by atoms with van der Waals surface area (Å²) in [5.41, 5.74) is 1.15. The van der Waals surface area contributed by atoms with Gasteiger partial charge in [0.15, 0.2) is 6.10 Å². The third kappa shape index (κ3) is 5.99. The minimum atomic E-state index is -0.527. The standard InChI is InChI=1S/C21H27NO4/c1-5-20(26-19-8-6-15(2)7-9-19)21(23)22-16(3)14-25-18-12-10-17(24-4)11-13-18/h6-13,16,20H,5,14H2,1-4H3,(H,22,23)/t16-,20-/m0/s1. The van der Waals surface area contributed by atoms with Crippen molar-refractivity contribution >= 4 is 5.91 Å². The van der Waals surface area contributed by atoms with Gasteiger partial charge in [-0.2, -0.15) is 0 Å². The maximum atomic E-state index is 12.4. The molecule has 0 spiro atoms. The molecule has 140 valence electrons. The first-order valence-electron chi connectivity index (χ1n) is 8.82. The van der Waals surface area contributed by atoms with Crippen molar-refractivity contribution < 1.29 is 19.0 Å². The fourth-order valence-corrected chi connectivity index (χ4v) is 2.37. The number of aryl methyl sites for hydroxylation is 1. The molecule has 2 aromatic carbocycles. The normalized spacial score (nSPS) is 12.8. The predicted molar refractivity (Wildman–Crippen MR) is 102 cm³/mol. The summed E-state index contributed by atoms with van der Waals surface area (Å²) in [6.07, 6.45) is 0.0623. The van der Waals surface area contributed by atoms with Crippen LogP contribution < -0.4 is 19.5 Å². The van der Waals surface area contributed by atoms with Crippen LogP contribution in [0.25, 0.3) is 0 Å². The number of methoxy groups -OCH3 is 1. The Hall–Kier alpha value is -2.69. The molecule has 0 fully saturated rings. The van der Waals surface area contributed by atoms with Gasteiger partial charge in [-0.05, 0) is 56.7 Å². The Morgan fingerprint density at radius 1 is 1.00 bits per heavy atom. The lowest BCUT2D eigenvalue weighted by molar-refractivity contribution is -0.128. The third-order valence-electron chi connectivity index (χ3n) is 3.91. The lowest BCUT2D eigenvalue weighted by Gasteiger charge is -2.21. The van der Waals surface area contributed by atoms with E-state index in [4.69, 9.17) is 14.2 Å². The van der Waals surface area contributed by atoms with Crippen LogP contribution in [0.2, 0.25) is 0 Å². The quantitative estimate of drug-likeness (QED) is 0.743. The van der Waals surface area contributed by atoms with Gasteiger partial charge in [0.1, 0.15) is 23.9 Å². The molecule has 2 rings (SSSR count). The fraction of sp³-hybridized carbons (Fsp3) is 0.381. The molecule has 0 heterocycles. The van der Waals surface area contributed by atoms with Crippen LogP contribution in [0.5, 0.6) is 17.2 Å². The van der Waals surface area contributed by atoms with E-state index in [2.05, 4.69) is 5.32 Å². The van der Waals surface area contributed by atoms with E-state index in [0.29, 0.717) is 18.8 Å². The molecule has 5 nitrogen and oxygen atoms in total. The molecule has 0 aromatic heterocycles. The van der Waals surface area contributed by atoms with Crippen molar-refractivity contribution in [2.24, 2.45) is 0 Å². The van der Waals surface area contributed by atoms with E-state index in [-0.39, 0.29) is 11.9 Å². The molecular weight excluding hydrogens is 330 g/mol. The van der Waals surface area contributed by atoms with Gasteiger partial charge in [-0.3, -0.25) is 4.79 Å². The van der Waals surface area contributed by atoms with Crippen LogP contribution >= 0.6 is 0 Å². The van der Waals surface area contributed by atoms with E-state index in [0.717, 1.165) is 17.1 Å².